The van der Waals surface area contributed by atoms with Crippen molar-refractivity contribution < 1.29 is 9.59 Å². The molecule has 0 aliphatic carbocycles. The summed E-state index contributed by atoms with van der Waals surface area (Å²) in [7, 11) is 2.00. The van der Waals surface area contributed by atoms with Crippen LogP contribution in [0.25, 0.3) is 0 Å². The SMILES string of the molecule is CCN(C)c1cccc(NC(=O)C(NC(=O)CC(C)C)c2ccccc2)c1. The first kappa shape index (κ1) is 20.5. The van der Waals surface area contributed by atoms with Crippen molar-refractivity contribution in [1.82, 2.24) is 5.32 Å². The van der Waals surface area contributed by atoms with E-state index in [1.165, 1.54) is 0 Å². The van der Waals surface area contributed by atoms with Gasteiger partial charge >= 0.3 is 0 Å². The van der Waals surface area contributed by atoms with E-state index in [4.69, 9.17) is 0 Å². The molecule has 0 aromatic heterocycles. The minimum atomic E-state index is -0.731. The van der Waals surface area contributed by atoms with Gasteiger partial charge in [0, 0.05) is 31.4 Å². The van der Waals surface area contributed by atoms with Gasteiger partial charge in [0.1, 0.15) is 6.04 Å². The molecule has 0 heterocycles. The first-order valence-electron chi connectivity index (χ1n) is 9.37. The van der Waals surface area contributed by atoms with Crippen LogP contribution in [-0.4, -0.2) is 25.4 Å². The van der Waals surface area contributed by atoms with Gasteiger partial charge in [-0.3, -0.25) is 9.59 Å². The predicted molar refractivity (Wildman–Crippen MR) is 111 cm³/mol. The largest absolute Gasteiger partial charge is 0.375 e. The second-order valence-corrected chi connectivity index (χ2v) is 7.06. The third-order valence-corrected chi connectivity index (χ3v) is 4.32. The molecule has 27 heavy (non-hydrogen) atoms. The standard InChI is InChI=1S/C22H29N3O2/c1-5-25(4)19-13-9-12-18(15-19)23-22(27)21(17-10-7-6-8-11-17)24-20(26)14-16(2)3/h6-13,15-16,21H,5,14H2,1-4H3,(H,23,27)(H,24,26). The Balaban J connectivity index is 2.20. The Kier molecular flexibility index (Phi) is 7.41. The highest BCUT2D eigenvalue weighted by Gasteiger charge is 2.23. The van der Waals surface area contributed by atoms with Crippen LogP contribution in [0.4, 0.5) is 11.4 Å². The number of anilines is 2. The highest BCUT2D eigenvalue weighted by atomic mass is 16.2. The molecule has 0 fully saturated rings. The van der Waals surface area contributed by atoms with Gasteiger partial charge in [-0.1, -0.05) is 50.2 Å². The summed E-state index contributed by atoms with van der Waals surface area (Å²) in [6, 6.07) is 16.3. The van der Waals surface area contributed by atoms with Crippen molar-refractivity contribution in [2.45, 2.75) is 33.2 Å². The highest BCUT2D eigenvalue weighted by molar-refractivity contribution is 5.98. The molecule has 5 heteroatoms. The predicted octanol–water partition coefficient (Wildman–Crippen LogP) is 3.98. The minimum Gasteiger partial charge on any atom is -0.375 e. The van der Waals surface area contributed by atoms with Gasteiger partial charge in [0.2, 0.25) is 5.91 Å². The van der Waals surface area contributed by atoms with E-state index >= 15 is 0 Å². The fourth-order valence-electron chi connectivity index (χ4n) is 2.75. The molecule has 0 aliphatic heterocycles. The Labute approximate surface area is 161 Å². The van der Waals surface area contributed by atoms with Crippen LogP contribution in [0.5, 0.6) is 0 Å². The third kappa shape index (κ3) is 6.13. The first-order valence-corrected chi connectivity index (χ1v) is 9.37. The summed E-state index contributed by atoms with van der Waals surface area (Å²) in [6.45, 7) is 6.90. The molecule has 2 aromatic carbocycles. The van der Waals surface area contributed by atoms with Gasteiger partial charge < -0.3 is 15.5 Å². The number of nitrogens with zero attached hydrogens (tertiary/aromatic N) is 1. The lowest BCUT2D eigenvalue weighted by molar-refractivity contribution is -0.127. The van der Waals surface area contributed by atoms with Crippen molar-refractivity contribution in [3.63, 3.8) is 0 Å². The summed E-state index contributed by atoms with van der Waals surface area (Å²) in [5.74, 6) is -0.158. The van der Waals surface area contributed by atoms with E-state index in [2.05, 4.69) is 22.5 Å². The van der Waals surface area contributed by atoms with Gasteiger partial charge in [-0.2, -0.15) is 0 Å². The molecule has 0 radical (unpaired) electrons. The van der Waals surface area contributed by atoms with Gasteiger partial charge in [0.15, 0.2) is 0 Å². The van der Waals surface area contributed by atoms with E-state index < -0.39 is 6.04 Å². The van der Waals surface area contributed by atoms with Crippen LogP contribution in [0.1, 0.15) is 38.8 Å². The number of hydrogen-bond acceptors (Lipinski definition) is 3. The van der Waals surface area contributed by atoms with E-state index in [0.29, 0.717) is 12.1 Å². The summed E-state index contributed by atoms with van der Waals surface area (Å²) in [5.41, 5.74) is 2.49. The quantitative estimate of drug-likeness (QED) is 0.742. The van der Waals surface area contributed by atoms with Crippen LogP contribution in [0.2, 0.25) is 0 Å². The van der Waals surface area contributed by atoms with Crippen LogP contribution in [0.3, 0.4) is 0 Å². The Hall–Kier alpha value is -2.82. The van der Waals surface area contributed by atoms with Gasteiger partial charge in [0.05, 0.1) is 0 Å². The third-order valence-electron chi connectivity index (χ3n) is 4.32. The van der Waals surface area contributed by atoms with Crippen molar-refractivity contribution >= 4 is 23.2 Å². The summed E-state index contributed by atoms with van der Waals surface area (Å²) >= 11 is 0. The van der Waals surface area contributed by atoms with Crippen LogP contribution in [-0.2, 0) is 9.59 Å². The van der Waals surface area contributed by atoms with E-state index in [-0.39, 0.29) is 17.7 Å². The van der Waals surface area contributed by atoms with E-state index in [1.807, 2.05) is 75.5 Å². The van der Waals surface area contributed by atoms with Crippen molar-refractivity contribution in [2.75, 3.05) is 23.8 Å². The molecule has 2 rings (SSSR count). The summed E-state index contributed by atoms with van der Waals surface area (Å²) in [4.78, 5) is 27.3. The van der Waals surface area contributed by atoms with Crippen LogP contribution in [0, 0.1) is 5.92 Å². The fraction of sp³-hybridized carbons (Fsp3) is 0.364. The number of carbonyl (C=O) groups is 2. The zero-order valence-corrected chi connectivity index (χ0v) is 16.5. The highest BCUT2D eigenvalue weighted by Crippen LogP contribution is 2.21. The molecule has 2 amide bonds. The zero-order chi connectivity index (χ0) is 19.8. The zero-order valence-electron chi connectivity index (χ0n) is 16.5. The van der Waals surface area contributed by atoms with Gasteiger partial charge in [-0.25, -0.2) is 0 Å². The smallest absolute Gasteiger partial charge is 0.251 e. The maximum atomic E-state index is 12.9. The van der Waals surface area contributed by atoms with E-state index in [9.17, 15) is 9.59 Å². The van der Waals surface area contributed by atoms with Crippen LogP contribution < -0.4 is 15.5 Å². The van der Waals surface area contributed by atoms with Gasteiger partial charge in [-0.05, 0) is 36.6 Å². The molecule has 144 valence electrons. The number of amides is 2. The summed E-state index contributed by atoms with van der Waals surface area (Å²) in [5, 5.41) is 5.81. The maximum Gasteiger partial charge on any atom is 0.251 e. The van der Waals surface area contributed by atoms with Crippen molar-refractivity contribution in [1.29, 1.82) is 0 Å². The lowest BCUT2D eigenvalue weighted by atomic mass is 10.0. The van der Waals surface area contributed by atoms with Gasteiger partial charge in [0.25, 0.3) is 5.91 Å². The Morgan fingerprint density at radius 2 is 1.74 bits per heavy atom. The lowest BCUT2D eigenvalue weighted by Crippen LogP contribution is -2.37. The van der Waals surface area contributed by atoms with Crippen LogP contribution >= 0.6 is 0 Å². The summed E-state index contributed by atoms with van der Waals surface area (Å²) in [6.07, 6.45) is 0.382. The number of nitrogens with one attached hydrogen (secondary N) is 2. The monoisotopic (exact) mass is 367 g/mol. The molecule has 5 nitrogen and oxygen atoms in total. The Bertz CT molecular complexity index is 759. The second-order valence-electron chi connectivity index (χ2n) is 7.06. The lowest BCUT2D eigenvalue weighted by Gasteiger charge is -2.21. The Morgan fingerprint density at radius 3 is 2.37 bits per heavy atom. The second kappa shape index (κ2) is 9.76. The van der Waals surface area contributed by atoms with Crippen molar-refractivity contribution in [2.24, 2.45) is 5.92 Å². The molecular formula is C22H29N3O2. The molecular weight excluding hydrogens is 338 g/mol. The molecule has 2 N–H and O–H groups in total. The molecule has 0 bridgehead atoms. The topological polar surface area (TPSA) is 61.4 Å². The number of rotatable bonds is 8. The normalized spacial score (nSPS) is 11.7. The first-order chi connectivity index (χ1) is 12.9. The molecule has 0 saturated heterocycles. The average molecular weight is 367 g/mol. The molecule has 0 saturated carbocycles. The van der Waals surface area contributed by atoms with Crippen LogP contribution in [0.15, 0.2) is 54.6 Å². The molecule has 0 spiro atoms. The van der Waals surface area contributed by atoms with E-state index in [0.717, 1.165) is 17.8 Å². The fourth-order valence-corrected chi connectivity index (χ4v) is 2.75. The van der Waals surface area contributed by atoms with Gasteiger partial charge in [-0.15, -0.1) is 0 Å². The number of carbonyl (C=O) groups excluding carboxylic acids is 2. The van der Waals surface area contributed by atoms with Crippen molar-refractivity contribution in [3.8, 4) is 0 Å². The van der Waals surface area contributed by atoms with Crippen molar-refractivity contribution in [3.05, 3.63) is 60.2 Å². The number of hydrogen-bond donors (Lipinski definition) is 2. The summed E-state index contributed by atoms with van der Waals surface area (Å²) < 4.78 is 0. The Morgan fingerprint density at radius 1 is 1.04 bits per heavy atom. The minimum absolute atomic E-state index is 0.131. The molecule has 2 aromatic rings. The molecule has 0 aliphatic rings. The maximum absolute atomic E-state index is 12.9. The molecule has 1 atom stereocenters. The van der Waals surface area contributed by atoms with E-state index in [1.54, 1.807) is 0 Å². The average Bonchev–Trinajstić information content (AvgIpc) is 2.65. The molecule has 1 unspecified atom stereocenters. The number of benzene rings is 2.